The summed E-state index contributed by atoms with van der Waals surface area (Å²) in [6.07, 6.45) is 1.74. The standard InChI is InChI=1S/C31H28ClFN2O8/c1-31-20(28(40)35(30(31)42)14-3-8-22(33)21(32)11-14)13-19-16(26(31)17-5-4-15(36)12-23(17)43-2)6-7-18-25(19)29(41)34(27(18)39)10-9-24(37)38/h3-6,8,11-12,18-20,25-26,36H,7,9-10,13H2,1-2H3,(H,37,38)/t18-,19+,20-,25-,26+,31+/m0/s1. The second-order valence-electron chi connectivity index (χ2n) is 11.7. The molecule has 0 spiro atoms. The first-order chi connectivity index (χ1) is 20.4. The number of fused-ring (bicyclic) bond motifs is 4. The van der Waals surface area contributed by atoms with Gasteiger partial charge in [-0.2, -0.15) is 0 Å². The summed E-state index contributed by atoms with van der Waals surface area (Å²) in [5.74, 6) is -7.58. The summed E-state index contributed by atoms with van der Waals surface area (Å²) in [5, 5.41) is 19.1. The average molecular weight is 611 g/mol. The highest BCUT2D eigenvalue weighted by atomic mass is 35.5. The third kappa shape index (κ3) is 4.16. The van der Waals surface area contributed by atoms with Crippen molar-refractivity contribution in [2.45, 2.75) is 32.1 Å². The van der Waals surface area contributed by atoms with Crippen LogP contribution in [0.1, 0.15) is 37.7 Å². The minimum Gasteiger partial charge on any atom is -0.508 e. The number of carbonyl (C=O) groups excluding carboxylic acids is 4. The fourth-order valence-corrected chi connectivity index (χ4v) is 7.84. The highest BCUT2D eigenvalue weighted by Crippen LogP contribution is 2.64. The summed E-state index contributed by atoms with van der Waals surface area (Å²) in [5.41, 5.74) is -0.0612. The fraction of sp³-hybridized carbons (Fsp3) is 0.387. The van der Waals surface area contributed by atoms with E-state index in [-0.39, 0.29) is 41.6 Å². The van der Waals surface area contributed by atoms with Gasteiger partial charge in [0.05, 0.1) is 47.4 Å². The summed E-state index contributed by atoms with van der Waals surface area (Å²) in [4.78, 5) is 68.8. The molecule has 0 unspecified atom stereocenters. The molecule has 2 aromatic rings. The van der Waals surface area contributed by atoms with E-state index >= 15 is 0 Å². The number of methoxy groups -OCH3 is 1. The van der Waals surface area contributed by atoms with Crippen LogP contribution in [-0.2, 0) is 24.0 Å². The molecule has 4 aliphatic rings. The maximum absolute atomic E-state index is 14.4. The summed E-state index contributed by atoms with van der Waals surface area (Å²) < 4.78 is 19.6. The zero-order chi connectivity index (χ0) is 31.0. The number of halogens is 2. The van der Waals surface area contributed by atoms with Gasteiger partial charge in [0.1, 0.15) is 17.3 Å². The van der Waals surface area contributed by atoms with Crippen LogP contribution in [0.25, 0.3) is 0 Å². The zero-order valence-corrected chi connectivity index (χ0v) is 24.0. The van der Waals surface area contributed by atoms with Crippen molar-refractivity contribution in [2.75, 3.05) is 18.6 Å². The number of aromatic hydroxyl groups is 1. The number of phenols is 1. The van der Waals surface area contributed by atoms with Crippen molar-refractivity contribution >= 4 is 46.9 Å². The lowest BCUT2D eigenvalue weighted by atomic mass is 9.51. The Labute approximate surface area is 250 Å². The van der Waals surface area contributed by atoms with E-state index in [1.807, 2.05) is 6.08 Å². The van der Waals surface area contributed by atoms with E-state index in [4.69, 9.17) is 21.4 Å². The topological polar surface area (TPSA) is 142 Å². The van der Waals surface area contributed by atoms with Gasteiger partial charge in [-0.25, -0.2) is 9.29 Å². The van der Waals surface area contributed by atoms with Crippen LogP contribution in [0.2, 0.25) is 5.02 Å². The lowest BCUT2D eigenvalue weighted by Crippen LogP contribution is -2.49. The molecular weight excluding hydrogens is 583 g/mol. The Kier molecular flexibility index (Phi) is 6.83. The number of nitrogens with zero attached hydrogens (tertiary/aromatic N) is 2. The van der Waals surface area contributed by atoms with Crippen molar-refractivity contribution in [1.82, 2.24) is 4.90 Å². The van der Waals surface area contributed by atoms with Crippen LogP contribution >= 0.6 is 11.6 Å². The van der Waals surface area contributed by atoms with Crippen molar-refractivity contribution in [3.8, 4) is 11.5 Å². The van der Waals surface area contributed by atoms with E-state index in [0.29, 0.717) is 11.1 Å². The minimum absolute atomic E-state index is 0.0746. The van der Waals surface area contributed by atoms with E-state index in [0.717, 1.165) is 15.9 Å². The molecule has 3 fully saturated rings. The maximum Gasteiger partial charge on any atom is 0.305 e. The molecule has 224 valence electrons. The molecule has 2 N–H and O–H groups in total. The number of benzene rings is 2. The third-order valence-electron chi connectivity index (χ3n) is 9.60. The van der Waals surface area contributed by atoms with Gasteiger partial charge in [-0.15, -0.1) is 0 Å². The van der Waals surface area contributed by atoms with Crippen LogP contribution in [0, 0.1) is 34.9 Å². The normalized spacial score (nSPS) is 29.8. The lowest BCUT2D eigenvalue weighted by Gasteiger charge is -2.49. The molecular formula is C31H28ClFN2O8. The predicted octanol–water partition coefficient (Wildman–Crippen LogP) is 3.90. The van der Waals surface area contributed by atoms with Gasteiger partial charge in [0, 0.05) is 24.1 Å². The fourth-order valence-electron chi connectivity index (χ4n) is 7.66. The van der Waals surface area contributed by atoms with Crippen LogP contribution < -0.4 is 9.64 Å². The second kappa shape index (κ2) is 10.2. The van der Waals surface area contributed by atoms with E-state index in [1.54, 1.807) is 13.0 Å². The first kappa shape index (κ1) is 28.9. The molecule has 2 aliphatic carbocycles. The molecule has 0 aromatic heterocycles. The van der Waals surface area contributed by atoms with Gasteiger partial charge in [-0.1, -0.05) is 29.3 Å². The number of rotatable bonds is 6. The number of hydrogen-bond acceptors (Lipinski definition) is 7. The first-order valence-corrected chi connectivity index (χ1v) is 14.2. The number of ether oxygens (including phenoxy) is 1. The first-order valence-electron chi connectivity index (χ1n) is 13.9. The molecule has 2 aliphatic heterocycles. The van der Waals surface area contributed by atoms with Crippen molar-refractivity contribution in [1.29, 1.82) is 0 Å². The Bertz CT molecular complexity index is 1640. The summed E-state index contributed by atoms with van der Waals surface area (Å²) >= 11 is 6.02. The number of carboxylic acid groups (broad SMARTS) is 1. The van der Waals surface area contributed by atoms with Crippen molar-refractivity contribution in [3.63, 3.8) is 0 Å². The molecule has 2 saturated heterocycles. The molecule has 1 saturated carbocycles. The van der Waals surface area contributed by atoms with E-state index < -0.39 is 76.8 Å². The van der Waals surface area contributed by atoms with Crippen LogP contribution in [0.15, 0.2) is 48.0 Å². The number of anilines is 1. The average Bonchev–Trinajstić information content (AvgIpc) is 3.33. The molecule has 2 aromatic carbocycles. The van der Waals surface area contributed by atoms with Gasteiger partial charge in [0.2, 0.25) is 23.6 Å². The number of aliphatic carboxylic acids is 1. The molecule has 10 nitrogen and oxygen atoms in total. The van der Waals surface area contributed by atoms with E-state index in [1.165, 1.54) is 31.4 Å². The molecule has 6 rings (SSSR count). The highest BCUT2D eigenvalue weighted by molar-refractivity contribution is 6.31. The number of likely N-dealkylation sites (tertiary alicyclic amines) is 1. The molecule has 0 radical (unpaired) electrons. The van der Waals surface area contributed by atoms with Gasteiger partial charge >= 0.3 is 5.97 Å². The molecule has 12 heteroatoms. The van der Waals surface area contributed by atoms with Crippen LogP contribution in [0.3, 0.4) is 0 Å². The van der Waals surface area contributed by atoms with Gasteiger partial charge in [0.25, 0.3) is 0 Å². The summed E-state index contributed by atoms with van der Waals surface area (Å²) in [7, 11) is 1.41. The number of amides is 4. The molecule has 0 bridgehead atoms. The Hall–Kier alpha value is -4.25. The predicted molar refractivity (Wildman–Crippen MR) is 150 cm³/mol. The third-order valence-corrected chi connectivity index (χ3v) is 9.89. The Balaban J connectivity index is 1.50. The van der Waals surface area contributed by atoms with E-state index in [2.05, 4.69) is 0 Å². The maximum atomic E-state index is 14.4. The molecule has 6 atom stereocenters. The van der Waals surface area contributed by atoms with Gasteiger partial charge in [-0.3, -0.25) is 28.9 Å². The number of carboxylic acids is 1. The molecule has 4 amide bonds. The second-order valence-corrected chi connectivity index (χ2v) is 12.1. The Morgan fingerprint density at radius 3 is 2.51 bits per heavy atom. The number of imide groups is 2. The van der Waals surface area contributed by atoms with Crippen molar-refractivity contribution in [3.05, 3.63) is 64.5 Å². The molecule has 2 heterocycles. The summed E-state index contributed by atoms with van der Waals surface area (Å²) in [6.45, 7) is 1.43. The highest BCUT2D eigenvalue weighted by Gasteiger charge is 2.68. The quantitative estimate of drug-likeness (QED) is 0.371. The lowest BCUT2D eigenvalue weighted by molar-refractivity contribution is -0.142. The smallest absolute Gasteiger partial charge is 0.305 e. The van der Waals surface area contributed by atoms with Gasteiger partial charge in [-0.05, 0) is 49.9 Å². The molecule has 43 heavy (non-hydrogen) atoms. The van der Waals surface area contributed by atoms with Gasteiger partial charge in [0.15, 0.2) is 0 Å². The van der Waals surface area contributed by atoms with Crippen LogP contribution in [-0.4, -0.2) is 58.4 Å². The summed E-state index contributed by atoms with van der Waals surface area (Å²) in [6, 6.07) is 8.06. The number of carbonyl (C=O) groups is 5. The monoisotopic (exact) mass is 610 g/mol. The van der Waals surface area contributed by atoms with Gasteiger partial charge < -0.3 is 14.9 Å². The van der Waals surface area contributed by atoms with E-state index in [9.17, 15) is 33.5 Å². The number of allylic oxidation sites excluding steroid dienone is 2. The SMILES string of the molecule is COc1cc(O)ccc1[C@H]1C2=CC[C@@H]3C(=O)N(CCC(=O)O)C(=O)[C@@H]3[C@@H]2C[C@H]2C(=O)N(c3ccc(F)c(Cl)c3)C(=O)[C@@]12C. The number of hydrogen-bond donors (Lipinski definition) is 2. The Morgan fingerprint density at radius 1 is 1.09 bits per heavy atom. The van der Waals surface area contributed by atoms with Crippen molar-refractivity contribution in [2.24, 2.45) is 29.1 Å². The Morgan fingerprint density at radius 2 is 1.84 bits per heavy atom. The zero-order valence-electron chi connectivity index (χ0n) is 23.3. The number of phenolic OH excluding ortho intramolecular Hbond substituents is 1. The minimum atomic E-state index is -1.38. The van der Waals surface area contributed by atoms with Crippen LogP contribution in [0.4, 0.5) is 10.1 Å². The van der Waals surface area contributed by atoms with Crippen molar-refractivity contribution < 1.29 is 43.3 Å². The van der Waals surface area contributed by atoms with Crippen LogP contribution in [0.5, 0.6) is 11.5 Å². The largest absolute Gasteiger partial charge is 0.508 e.